The Balaban J connectivity index is 1.42. The third-order valence-corrected chi connectivity index (χ3v) is 4.83. The van der Waals surface area contributed by atoms with Crippen LogP contribution in [-0.4, -0.2) is 30.7 Å². The van der Waals surface area contributed by atoms with E-state index in [0.29, 0.717) is 12.0 Å². The van der Waals surface area contributed by atoms with E-state index in [4.69, 9.17) is 0 Å². The highest BCUT2D eigenvalue weighted by atomic mass is 15.2. The molecule has 1 aromatic heterocycles. The Kier molecular flexibility index (Phi) is 3.36. The Labute approximate surface area is 126 Å². The first kappa shape index (κ1) is 12.8. The van der Waals surface area contributed by atoms with Crippen LogP contribution in [0.1, 0.15) is 23.5 Å². The van der Waals surface area contributed by atoms with Crippen LogP contribution in [0.25, 0.3) is 0 Å². The number of fused-ring (bicyclic) bond motifs is 2. The van der Waals surface area contributed by atoms with Crippen LogP contribution in [0.5, 0.6) is 0 Å². The van der Waals surface area contributed by atoms with Crippen molar-refractivity contribution < 1.29 is 0 Å². The minimum Gasteiger partial charge on any atom is -0.370 e. The summed E-state index contributed by atoms with van der Waals surface area (Å²) in [5, 5.41) is 3.77. The summed E-state index contributed by atoms with van der Waals surface area (Å²) in [6, 6.07) is 13.7. The van der Waals surface area contributed by atoms with E-state index < -0.39 is 0 Å². The fraction of sp³-hybridized carbons (Fsp3) is 0.389. The van der Waals surface area contributed by atoms with Gasteiger partial charge >= 0.3 is 0 Å². The van der Waals surface area contributed by atoms with Crippen molar-refractivity contribution in [2.75, 3.05) is 24.5 Å². The maximum atomic E-state index is 4.18. The van der Waals surface area contributed by atoms with Crippen molar-refractivity contribution in [3.05, 3.63) is 59.9 Å². The highest BCUT2D eigenvalue weighted by Crippen LogP contribution is 2.41. The summed E-state index contributed by atoms with van der Waals surface area (Å²) >= 11 is 0. The van der Waals surface area contributed by atoms with Crippen molar-refractivity contribution in [3.8, 4) is 0 Å². The molecule has 1 fully saturated rings. The first-order valence-electron chi connectivity index (χ1n) is 7.88. The van der Waals surface area contributed by atoms with E-state index in [2.05, 4.69) is 45.5 Å². The van der Waals surface area contributed by atoms with Gasteiger partial charge in [0.15, 0.2) is 0 Å². The van der Waals surface area contributed by atoms with Gasteiger partial charge in [0.25, 0.3) is 0 Å². The van der Waals surface area contributed by atoms with E-state index in [1.165, 1.54) is 29.8 Å². The predicted molar refractivity (Wildman–Crippen MR) is 85.7 cm³/mol. The third kappa shape index (κ3) is 2.42. The average molecular weight is 279 g/mol. The average Bonchev–Trinajstić information content (AvgIpc) is 2.57. The van der Waals surface area contributed by atoms with Gasteiger partial charge in [-0.05, 0) is 42.6 Å². The number of pyridine rings is 1. The summed E-state index contributed by atoms with van der Waals surface area (Å²) < 4.78 is 0. The van der Waals surface area contributed by atoms with E-state index in [9.17, 15) is 0 Å². The van der Waals surface area contributed by atoms with Crippen molar-refractivity contribution in [1.82, 2.24) is 10.3 Å². The Morgan fingerprint density at radius 3 is 3.05 bits per heavy atom. The molecule has 0 spiro atoms. The van der Waals surface area contributed by atoms with Crippen LogP contribution in [0.4, 0.5) is 5.69 Å². The first-order chi connectivity index (χ1) is 10.4. The van der Waals surface area contributed by atoms with Gasteiger partial charge in [0.05, 0.1) is 0 Å². The lowest BCUT2D eigenvalue weighted by molar-refractivity contribution is 0.355. The van der Waals surface area contributed by atoms with Gasteiger partial charge in [-0.15, -0.1) is 0 Å². The molecule has 0 aliphatic carbocycles. The summed E-state index contributed by atoms with van der Waals surface area (Å²) in [4.78, 5) is 6.72. The van der Waals surface area contributed by atoms with Gasteiger partial charge in [0.1, 0.15) is 0 Å². The van der Waals surface area contributed by atoms with E-state index in [1.807, 2.05) is 18.5 Å². The minimum atomic E-state index is 0.588. The second-order valence-corrected chi connectivity index (χ2v) is 6.07. The molecule has 1 saturated heterocycles. The Morgan fingerprint density at radius 2 is 2.14 bits per heavy atom. The molecule has 3 heteroatoms. The molecule has 4 heterocycles. The van der Waals surface area contributed by atoms with Gasteiger partial charge in [-0.3, -0.25) is 4.98 Å². The normalized spacial score (nSPS) is 23.1. The largest absolute Gasteiger partial charge is 0.370 e. The molecule has 2 bridgehead atoms. The molecule has 1 N–H and O–H groups in total. The van der Waals surface area contributed by atoms with E-state index in [0.717, 1.165) is 19.5 Å². The number of hydrogen-bond donors (Lipinski definition) is 1. The Hall–Kier alpha value is -1.87. The van der Waals surface area contributed by atoms with Crippen LogP contribution in [0.15, 0.2) is 48.8 Å². The van der Waals surface area contributed by atoms with Gasteiger partial charge in [-0.2, -0.15) is 0 Å². The fourth-order valence-corrected chi connectivity index (χ4v) is 3.79. The number of piperidine rings is 1. The number of rotatable bonds is 4. The Morgan fingerprint density at radius 1 is 1.19 bits per heavy atom. The molecule has 0 amide bonds. The van der Waals surface area contributed by atoms with Gasteiger partial charge in [-0.1, -0.05) is 24.3 Å². The number of aromatic nitrogens is 1. The van der Waals surface area contributed by atoms with E-state index in [-0.39, 0.29) is 0 Å². The first-order valence-corrected chi connectivity index (χ1v) is 7.88. The summed E-state index contributed by atoms with van der Waals surface area (Å²) in [6.45, 7) is 3.39. The molecule has 0 saturated carbocycles. The summed E-state index contributed by atoms with van der Waals surface area (Å²) in [5.74, 6) is 0.681. The molecule has 3 nitrogen and oxygen atoms in total. The number of nitrogens with one attached hydrogen (secondary N) is 1. The van der Waals surface area contributed by atoms with Crippen LogP contribution in [0.3, 0.4) is 0 Å². The lowest BCUT2D eigenvalue weighted by atomic mass is 9.79. The predicted octanol–water partition coefficient (Wildman–Crippen LogP) is 2.59. The van der Waals surface area contributed by atoms with E-state index in [1.54, 1.807) is 0 Å². The molecule has 108 valence electrons. The molecule has 3 aliphatic rings. The SMILES string of the molecule is c1cncc(CCNC2CN3CCC2c2ccccc23)c1. The molecule has 0 radical (unpaired) electrons. The van der Waals surface area contributed by atoms with Crippen molar-refractivity contribution >= 4 is 5.69 Å². The number of anilines is 1. The molecule has 21 heavy (non-hydrogen) atoms. The highest BCUT2D eigenvalue weighted by Gasteiger charge is 2.37. The van der Waals surface area contributed by atoms with Crippen LogP contribution in [-0.2, 0) is 6.42 Å². The van der Waals surface area contributed by atoms with Gasteiger partial charge < -0.3 is 10.2 Å². The topological polar surface area (TPSA) is 28.2 Å². The standard InChI is InChI=1S/C18H21N3/c1-2-6-18-16(5-1)15-8-11-21(18)13-17(15)20-10-7-14-4-3-9-19-12-14/h1-6,9,12,15,17,20H,7-8,10-11,13H2. The number of nitrogens with zero attached hydrogens (tertiary/aromatic N) is 2. The third-order valence-electron chi connectivity index (χ3n) is 4.83. The molecule has 2 atom stereocenters. The zero-order valence-corrected chi connectivity index (χ0v) is 12.2. The molecule has 2 aromatic rings. The summed E-state index contributed by atoms with van der Waals surface area (Å²) in [6.07, 6.45) is 6.13. The van der Waals surface area contributed by atoms with Crippen molar-refractivity contribution in [2.24, 2.45) is 0 Å². The molecule has 5 rings (SSSR count). The molecule has 3 aliphatic heterocycles. The van der Waals surface area contributed by atoms with Crippen LogP contribution < -0.4 is 10.2 Å². The minimum absolute atomic E-state index is 0.588. The highest BCUT2D eigenvalue weighted by molar-refractivity contribution is 5.60. The lowest BCUT2D eigenvalue weighted by Crippen LogP contribution is -2.54. The number of para-hydroxylation sites is 1. The number of hydrogen-bond acceptors (Lipinski definition) is 3. The molecule has 1 aromatic carbocycles. The molecular formula is C18H21N3. The van der Waals surface area contributed by atoms with Gasteiger partial charge in [-0.25, -0.2) is 0 Å². The lowest BCUT2D eigenvalue weighted by Gasteiger charge is -2.47. The monoisotopic (exact) mass is 279 g/mol. The maximum Gasteiger partial charge on any atom is 0.0402 e. The molecular weight excluding hydrogens is 258 g/mol. The summed E-state index contributed by atoms with van der Waals surface area (Å²) in [5.41, 5.74) is 4.31. The van der Waals surface area contributed by atoms with Crippen LogP contribution >= 0.6 is 0 Å². The van der Waals surface area contributed by atoms with Crippen molar-refractivity contribution in [3.63, 3.8) is 0 Å². The van der Waals surface area contributed by atoms with Crippen LogP contribution in [0, 0.1) is 0 Å². The quantitative estimate of drug-likeness (QED) is 0.932. The maximum absolute atomic E-state index is 4.18. The van der Waals surface area contributed by atoms with Gasteiger partial charge in [0, 0.05) is 43.1 Å². The second-order valence-electron chi connectivity index (χ2n) is 6.07. The Bertz CT molecular complexity index is 611. The summed E-state index contributed by atoms with van der Waals surface area (Å²) in [7, 11) is 0. The fourth-order valence-electron chi connectivity index (χ4n) is 3.79. The van der Waals surface area contributed by atoms with E-state index >= 15 is 0 Å². The number of benzene rings is 1. The molecule has 2 unspecified atom stereocenters. The zero-order valence-electron chi connectivity index (χ0n) is 12.2. The van der Waals surface area contributed by atoms with Crippen molar-refractivity contribution in [1.29, 1.82) is 0 Å². The zero-order chi connectivity index (χ0) is 14.1. The van der Waals surface area contributed by atoms with Gasteiger partial charge in [0.2, 0.25) is 0 Å². The van der Waals surface area contributed by atoms with Crippen molar-refractivity contribution in [2.45, 2.75) is 24.8 Å². The van der Waals surface area contributed by atoms with Crippen LogP contribution in [0.2, 0.25) is 0 Å². The smallest absolute Gasteiger partial charge is 0.0402 e. The second kappa shape index (κ2) is 5.49.